The van der Waals surface area contributed by atoms with E-state index in [1.165, 1.54) is 83.5 Å². The van der Waals surface area contributed by atoms with Gasteiger partial charge in [-0.3, -0.25) is 0 Å². The van der Waals surface area contributed by atoms with Crippen molar-refractivity contribution < 1.29 is 19.2 Å². The van der Waals surface area contributed by atoms with Crippen molar-refractivity contribution in [2.45, 2.75) is 103 Å². The van der Waals surface area contributed by atoms with E-state index in [9.17, 15) is 0 Å². The minimum atomic E-state index is -4.64. The molecule has 0 aromatic carbocycles. The van der Waals surface area contributed by atoms with Gasteiger partial charge in [0.15, 0.2) is 0 Å². The first-order valence-electron chi connectivity index (χ1n) is 9.67. The first-order valence-corrected chi connectivity index (χ1v) is 11.2. The monoisotopic (exact) mass is 367 g/mol. The molecule has 0 amide bonds. The Balaban J connectivity index is 0. The zero-order valence-corrected chi connectivity index (χ0v) is 17.3. The lowest BCUT2D eigenvalue weighted by Gasteiger charge is -2.23. The molecule has 0 saturated heterocycles. The van der Waals surface area contributed by atoms with E-state index < -0.39 is 7.82 Å². The minimum absolute atomic E-state index is 0.819. The summed E-state index contributed by atoms with van der Waals surface area (Å²) in [5, 5.41) is 0. The van der Waals surface area contributed by atoms with Crippen molar-refractivity contribution in [1.82, 2.24) is 4.90 Å². The summed E-state index contributed by atoms with van der Waals surface area (Å²) in [5.74, 6) is 0. The van der Waals surface area contributed by atoms with Crippen LogP contribution in [0.2, 0.25) is 0 Å². The topological polar surface area (TPSA) is 81.0 Å². The van der Waals surface area contributed by atoms with Crippen molar-refractivity contribution >= 4 is 7.82 Å². The molecule has 0 saturated carbocycles. The van der Waals surface area contributed by atoms with Crippen molar-refractivity contribution in [2.75, 3.05) is 14.1 Å². The summed E-state index contributed by atoms with van der Waals surface area (Å²) in [6.45, 7) is 4.59. The molecule has 0 aliphatic rings. The van der Waals surface area contributed by atoms with Crippen LogP contribution in [-0.4, -0.2) is 39.7 Å². The van der Waals surface area contributed by atoms with Crippen LogP contribution in [0.15, 0.2) is 0 Å². The highest BCUT2D eigenvalue weighted by Crippen LogP contribution is 2.25. The number of phosphoric acid groups is 1. The van der Waals surface area contributed by atoms with Crippen molar-refractivity contribution in [3.05, 3.63) is 0 Å². The average Bonchev–Trinajstić information content (AvgIpc) is 2.46. The van der Waals surface area contributed by atoms with Gasteiger partial charge in [-0.15, -0.1) is 0 Å². The third-order valence-electron chi connectivity index (χ3n) is 4.24. The van der Waals surface area contributed by atoms with Gasteiger partial charge in [0.2, 0.25) is 0 Å². The fraction of sp³-hybridized carbons (Fsp3) is 1.00. The maximum atomic E-state index is 8.88. The fourth-order valence-corrected chi connectivity index (χ4v) is 2.86. The summed E-state index contributed by atoms with van der Waals surface area (Å²) in [6, 6.07) is 0.819. The lowest BCUT2D eigenvalue weighted by atomic mass is 10.0. The van der Waals surface area contributed by atoms with Crippen LogP contribution in [0.25, 0.3) is 0 Å². The number of rotatable bonds is 14. The van der Waals surface area contributed by atoms with Crippen LogP contribution in [-0.2, 0) is 4.57 Å². The number of nitrogens with zero attached hydrogens (tertiary/aromatic N) is 1. The molecular weight excluding hydrogens is 325 g/mol. The SMILES string of the molecule is CCCCCCCCCCCCC(CCC)N(C)C.O=P(O)(O)O. The Labute approximate surface area is 150 Å². The van der Waals surface area contributed by atoms with E-state index in [-0.39, 0.29) is 0 Å². The summed E-state index contributed by atoms with van der Waals surface area (Å²) in [6.07, 6.45) is 18.5. The molecule has 0 spiro atoms. The predicted octanol–water partition coefficient (Wildman–Crippen LogP) is 5.10. The molecule has 0 bridgehead atoms. The largest absolute Gasteiger partial charge is 0.466 e. The highest BCUT2D eigenvalue weighted by Gasteiger charge is 2.09. The van der Waals surface area contributed by atoms with Crippen LogP contribution in [0.1, 0.15) is 97.3 Å². The summed E-state index contributed by atoms with van der Waals surface area (Å²) in [4.78, 5) is 24.0. The second kappa shape index (κ2) is 17.9. The molecule has 0 heterocycles. The molecule has 24 heavy (non-hydrogen) atoms. The number of hydrogen-bond donors (Lipinski definition) is 3. The van der Waals surface area contributed by atoms with Gasteiger partial charge in [-0.25, -0.2) is 4.57 Å². The van der Waals surface area contributed by atoms with Crippen molar-refractivity contribution in [2.24, 2.45) is 0 Å². The van der Waals surface area contributed by atoms with Gasteiger partial charge in [0.25, 0.3) is 0 Å². The maximum Gasteiger partial charge on any atom is 0.466 e. The molecule has 3 N–H and O–H groups in total. The van der Waals surface area contributed by atoms with Crippen LogP contribution in [0.4, 0.5) is 0 Å². The van der Waals surface area contributed by atoms with Gasteiger partial charge in [-0.2, -0.15) is 0 Å². The van der Waals surface area contributed by atoms with Gasteiger partial charge in [0, 0.05) is 6.04 Å². The Hall–Kier alpha value is 0.0700. The lowest BCUT2D eigenvalue weighted by Crippen LogP contribution is -2.27. The molecule has 0 aromatic heterocycles. The lowest BCUT2D eigenvalue weighted by molar-refractivity contribution is 0.256. The summed E-state index contributed by atoms with van der Waals surface area (Å²) in [5.41, 5.74) is 0. The molecule has 0 fully saturated rings. The van der Waals surface area contributed by atoms with Crippen molar-refractivity contribution in [1.29, 1.82) is 0 Å². The standard InChI is InChI=1S/C18H39N.H3O4P/c1-5-7-8-9-10-11-12-13-14-15-17-18(16-6-2)19(3)4;1-5(2,3)4/h18H,5-17H2,1-4H3;(H3,1,2,3,4). The average molecular weight is 368 g/mol. The Morgan fingerprint density at radius 3 is 1.42 bits per heavy atom. The molecule has 148 valence electrons. The third-order valence-corrected chi connectivity index (χ3v) is 4.24. The molecular formula is C18H42NO4P. The van der Waals surface area contributed by atoms with E-state index in [4.69, 9.17) is 19.2 Å². The second-order valence-corrected chi connectivity index (χ2v) is 7.92. The number of hydrogen-bond acceptors (Lipinski definition) is 2. The second-order valence-electron chi connectivity index (χ2n) is 6.89. The third kappa shape index (κ3) is 26.9. The smallest absolute Gasteiger partial charge is 0.306 e. The molecule has 0 rings (SSSR count). The van der Waals surface area contributed by atoms with Gasteiger partial charge in [-0.1, -0.05) is 84.5 Å². The van der Waals surface area contributed by atoms with Crippen molar-refractivity contribution in [3.8, 4) is 0 Å². The molecule has 0 aliphatic carbocycles. The summed E-state index contributed by atoms with van der Waals surface area (Å²) < 4.78 is 8.88. The number of unbranched alkanes of at least 4 members (excludes halogenated alkanes) is 9. The van der Waals surface area contributed by atoms with E-state index in [1.54, 1.807) is 0 Å². The molecule has 5 nitrogen and oxygen atoms in total. The molecule has 0 radical (unpaired) electrons. The highest BCUT2D eigenvalue weighted by atomic mass is 31.2. The van der Waals surface area contributed by atoms with E-state index in [2.05, 4.69) is 32.8 Å². The van der Waals surface area contributed by atoms with Gasteiger partial charge in [-0.05, 0) is 26.9 Å². The van der Waals surface area contributed by atoms with Gasteiger partial charge < -0.3 is 19.6 Å². The van der Waals surface area contributed by atoms with E-state index in [0.29, 0.717) is 0 Å². The van der Waals surface area contributed by atoms with E-state index in [0.717, 1.165) is 6.04 Å². The van der Waals surface area contributed by atoms with Crippen LogP contribution in [0.3, 0.4) is 0 Å². The Morgan fingerprint density at radius 2 is 1.08 bits per heavy atom. The Bertz CT molecular complexity index is 286. The normalized spacial score (nSPS) is 12.8. The van der Waals surface area contributed by atoms with Crippen LogP contribution in [0.5, 0.6) is 0 Å². The first kappa shape index (κ1) is 26.3. The molecule has 0 aromatic rings. The Morgan fingerprint density at radius 1 is 0.708 bits per heavy atom. The maximum absolute atomic E-state index is 8.88. The van der Waals surface area contributed by atoms with Crippen LogP contribution in [0, 0.1) is 0 Å². The molecule has 1 atom stereocenters. The van der Waals surface area contributed by atoms with E-state index >= 15 is 0 Å². The fourth-order valence-electron chi connectivity index (χ4n) is 2.86. The molecule has 0 aliphatic heterocycles. The van der Waals surface area contributed by atoms with Crippen molar-refractivity contribution in [3.63, 3.8) is 0 Å². The highest BCUT2D eigenvalue weighted by molar-refractivity contribution is 7.45. The first-order chi connectivity index (χ1) is 11.2. The minimum Gasteiger partial charge on any atom is -0.306 e. The Kier molecular flexibility index (Phi) is 19.6. The zero-order chi connectivity index (χ0) is 18.8. The van der Waals surface area contributed by atoms with Gasteiger partial charge >= 0.3 is 7.82 Å². The quantitative estimate of drug-likeness (QED) is 0.294. The summed E-state index contributed by atoms with van der Waals surface area (Å²) >= 11 is 0. The zero-order valence-electron chi connectivity index (χ0n) is 16.4. The summed E-state index contributed by atoms with van der Waals surface area (Å²) in [7, 11) is -0.173. The molecule has 6 heteroatoms. The molecule has 1 unspecified atom stereocenters. The van der Waals surface area contributed by atoms with E-state index in [1.807, 2.05) is 0 Å². The van der Waals surface area contributed by atoms with Gasteiger partial charge in [0.1, 0.15) is 0 Å². The van der Waals surface area contributed by atoms with Crippen LogP contribution >= 0.6 is 7.82 Å². The van der Waals surface area contributed by atoms with Gasteiger partial charge in [0.05, 0.1) is 0 Å². The predicted molar refractivity (Wildman–Crippen MR) is 103 cm³/mol. The van der Waals surface area contributed by atoms with Crippen LogP contribution < -0.4 is 0 Å².